The maximum Gasteiger partial charge on any atom is 0.0707 e. The van der Waals surface area contributed by atoms with Crippen molar-refractivity contribution >= 4 is 19.7 Å². The Bertz CT molecular complexity index is 119. The number of rotatable bonds is 6. The van der Waals surface area contributed by atoms with Gasteiger partial charge in [0.2, 0.25) is 0 Å². The van der Waals surface area contributed by atoms with Gasteiger partial charge >= 0.3 is 0 Å². The third-order valence-corrected chi connectivity index (χ3v) is 7.31. The van der Waals surface area contributed by atoms with Crippen LogP contribution in [0.1, 0.15) is 6.42 Å². The van der Waals surface area contributed by atoms with E-state index in [0.29, 0.717) is 0 Å². The summed E-state index contributed by atoms with van der Waals surface area (Å²) in [5.41, 5.74) is 0.777. The Kier molecular flexibility index (Phi) is 5.92. The molecule has 0 aromatic carbocycles. The minimum absolute atomic E-state index is 0.288. The van der Waals surface area contributed by atoms with E-state index in [1.165, 1.54) is 0 Å². The van der Waals surface area contributed by atoms with E-state index in [1.54, 1.807) is 0 Å². The minimum Gasteiger partial charge on any atom is -0.396 e. The molecule has 0 bridgehead atoms. The molecule has 0 aromatic heterocycles. The summed E-state index contributed by atoms with van der Waals surface area (Å²) in [7, 11) is -1.26. The first-order valence-electron chi connectivity index (χ1n) is 3.96. The fourth-order valence-electron chi connectivity index (χ4n) is 1.08. The van der Waals surface area contributed by atoms with Crippen LogP contribution in [0.4, 0.5) is 0 Å². The van der Waals surface area contributed by atoms with Crippen LogP contribution in [0.15, 0.2) is 12.7 Å². The van der Waals surface area contributed by atoms with Crippen molar-refractivity contribution in [1.29, 1.82) is 0 Å². The second-order valence-corrected chi connectivity index (χ2v) is 8.86. The summed E-state index contributed by atoms with van der Waals surface area (Å²) in [5.74, 6) is 0. The molecule has 0 spiro atoms. The van der Waals surface area contributed by atoms with Crippen LogP contribution in [0.3, 0.4) is 0 Å². The summed E-state index contributed by atoms with van der Waals surface area (Å²) in [6.07, 6.45) is 2.84. The summed E-state index contributed by atoms with van der Waals surface area (Å²) < 4.78 is 0. The number of alkyl halides is 1. The number of hydrogen-bond acceptors (Lipinski definition) is 1. The van der Waals surface area contributed by atoms with E-state index in [9.17, 15) is 0 Å². The molecule has 66 valence electrons. The van der Waals surface area contributed by atoms with E-state index >= 15 is 0 Å². The Labute approximate surface area is 75.1 Å². The van der Waals surface area contributed by atoms with E-state index in [-0.39, 0.29) is 6.61 Å². The summed E-state index contributed by atoms with van der Waals surface area (Å²) in [6, 6.07) is 2.18. The Morgan fingerprint density at radius 3 is 2.64 bits per heavy atom. The van der Waals surface area contributed by atoms with Gasteiger partial charge in [-0.1, -0.05) is 18.7 Å². The van der Waals surface area contributed by atoms with Crippen LogP contribution < -0.4 is 0 Å². The molecule has 0 amide bonds. The smallest absolute Gasteiger partial charge is 0.0707 e. The van der Waals surface area contributed by atoms with Gasteiger partial charge in [-0.2, -0.15) is 0 Å². The predicted molar refractivity (Wildman–Crippen MR) is 53.9 cm³/mol. The number of halogens is 1. The molecular weight excluding hydrogens is 176 g/mol. The molecule has 0 radical (unpaired) electrons. The maximum atomic E-state index is 8.65. The van der Waals surface area contributed by atoms with Gasteiger partial charge in [-0.3, -0.25) is 0 Å². The Hall–Kier alpha value is 0.207. The Balaban J connectivity index is 3.77. The molecule has 0 heterocycles. The zero-order valence-corrected chi connectivity index (χ0v) is 8.90. The van der Waals surface area contributed by atoms with Crippen LogP contribution in [0.25, 0.3) is 0 Å². The Morgan fingerprint density at radius 2 is 2.27 bits per heavy atom. The molecule has 1 nitrogen and oxygen atoms in total. The Morgan fingerprint density at radius 1 is 1.64 bits per heavy atom. The molecule has 0 fully saturated rings. The molecule has 1 unspecified atom stereocenters. The molecule has 0 aliphatic carbocycles. The largest absolute Gasteiger partial charge is 0.396 e. The normalized spacial score (nSPS) is 15.9. The summed E-state index contributed by atoms with van der Waals surface area (Å²) in [5, 5.41) is 8.65. The van der Waals surface area contributed by atoms with Gasteiger partial charge in [0, 0.05) is 12.1 Å². The average Bonchev–Trinajstić information content (AvgIpc) is 2.02. The van der Waals surface area contributed by atoms with Crippen LogP contribution in [-0.4, -0.2) is 25.3 Å². The number of hydrogen-bond donors (Lipinski definition) is 1. The van der Waals surface area contributed by atoms with Crippen molar-refractivity contribution in [3.8, 4) is 0 Å². The fourth-order valence-corrected chi connectivity index (χ4v) is 3.96. The van der Waals surface area contributed by atoms with E-state index in [1.807, 2.05) is 6.08 Å². The number of allylic oxidation sites excluding steroid dienone is 1. The summed E-state index contributed by atoms with van der Waals surface area (Å²) in [6.45, 7) is 6.26. The monoisotopic (exact) mass is 192 g/mol. The van der Waals surface area contributed by atoms with Crippen LogP contribution in [-0.2, 0) is 0 Å². The molecule has 0 saturated carbocycles. The van der Waals surface area contributed by atoms with Gasteiger partial charge in [0.05, 0.1) is 8.07 Å². The third-order valence-electron chi connectivity index (χ3n) is 1.90. The van der Waals surface area contributed by atoms with Crippen molar-refractivity contribution in [3.63, 3.8) is 0 Å². The first-order valence-corrected chi connectivity index (χ1v) is 7.62. The van der Waals surface area contributed by atoms with Crippen molar-refractivity contribution in [2.75, 3.05) is 12.1 Å². The topological polar surface area (TPSA) is 20.2 Å². The first-order chi connectivity index (χ1) is 5.18. The molecule has 1 N–H and O–H groups in total. The van der Waals surface area contributed by atoms with Crippen molar-refractivity contribution in [2.45, 2.75) is 25.1 Å². The molecule has 0 rings (SSSR count). The highest BCUT2D eigenvalue weighted by atomic mass is 35.5. The standard InChI is InChI=1S/C8H17ClOSi/c1-3-6-11(2,8-9)7-4-5-10/h3,10H,1,4-8H2,2H3. The maximum absolute atomic E-state index is 8.65. The van der Waals surface area contributed by atoms with E-state index in [0.717, 1.165) is 24.0 Å². The highest BCUT2D eigenvalue weighted by Gasteiger charge is 2.23. The van der Waals surface area contributed by atoms with Gasteiger partial charge in [0.15, 0.2) is 0 Å². The van der Waals surface area contributed by atoms with Crippen molar-refractivity contribution in [1.82, 2.24) is 0 Å². The lowest BCUT2D eigenvalue weighted by Crippen LogP contribution is -2.32. The van der Waals surface area contributed by atoms with Crippen molar-refractivity contribution < 1.29 is 5.11 Å². The van der Waals surface area contributed by atoms with Gasteiger partial charge < -0.3 is 5.11 Å². The van der Waals surface area contributed by atoms with E-state index in [2.05, 4.69) is 13.1 Å². The summed E-state index contributed by atoms with van der Waals surface area (Å²) >= 11 is 5.86. The lowest BCUT2D eigenvalue weighted by atomic mass is 10.5. The third kappa shape index (κ3) is 4.61. The minimum atomic E-state index is -1.26. The van der Waals surface area contributed by atoms with Crippen LogP contribution in [0.2, 0.25) is 18.6 Å². The van der Waals surface area contributed by atoms with Crippen molar-refractivity contribution in [2.24, 2.45) is 0 Å². The highest BCUT2D eigenvalue weighted by Crippen LogP contribution is 2.19. The lowest BCUT2D eigenvalue weighted by molar-refractivity contribution is 0.294. The van der Waals surface area contributed by atoms with Crippen LogP contribution in [0, 0.1) is 0 Å². The molecule has 0 aromatic rings. The summed E-state index contributed by atoms with van der Waals surface area (Å²) in [4.78, 5) is 0. The van der Waals surface area contributed by atoms with Gasteiger partial charge in [0.1, 0.15) is 0 Å². The molecule has 3 heteroatoms. The molecule has 11 heavy (non-hydrogen) atoms. The van der Waals surface area contributed by atoms with Crippen molar-refractivity contribution in [3.05, 3.63) is 12.7 Å². The first kappa shape index (κ1) is 11.2. The van der Waals surface area contributed by atoms with E-state index in [4.69, 9.17) is 16.7 Å². The van der Waals surface area contributed by atoms with Gasteiger partial charge in [-0.25, -0.2) is 0 Å². The lowest BCUT2D eigenvalue weighted by Gasteiger charge is -2.22. The number of aliphatic hydroxyl groups is 1. The fraction of sp³-hybridized carbons (Fsp3) is 0.750. The molecule has 0 saturated heterocycles. The van der Waals surface area contributed by atoms with Crippen LogP contribution in [0.5, 0.6) is 0 Å². The van der Waals surface area contributed by atoms with Gasteiger partial charge in [0.25, 0.3) is 0 Å². The second kappa shape index (κ2) is 5.81. The quantitative estimate of drug-likeness (QED) is 0.390. The number of aliphatic hydroxyl groups excluding tert-OH is 1. The second-order valence-electron chi connectivity index (χ2n) is 3.26. The van der Waals surface area contributed by atoms with E-state index < -0.39 is 8.07 Å². The van der Waals surface area contributed by atoms with Gasteiger partial charge in [-0.15, -0.1) is 18.2 Å². The zero-order valence-electron chi connectivity index (χ0n) is 7.15. The highest BCUT2D eigenvalue weighted by molar-refractivity contribution is 6.84. The molecule has 0 aliphatic rings. The molecular formula is C8H17ClOSi. The molecule has 1 atom stereocenters. The predicted octanol–water partition coefficient (Wildman–Crippen LogP) is 2.41. The average molecular weight is 193 g/mol. The zero-order chi connectivity index (χ0) is 8.74. The van der Waals surface area contributed by atoms with Crippen LogP contribution >= 0.6 is 11.6 Å². The molecule has 0 aliphatic heterocycles. The SMILES string of the molecule is C=CC[Si](C)(CCl)CCCO. The van der Waals surface area contributed by atoms with Gasteiger partial charge in [-0.05, 0) is 12.5 Å².